The van der Waals surface area contributed by atoms with Gasteiger partial charge < -0.3 is 5.11 Å². The van der Waals surface area contributed by atoms with Gasteiger partial charge in [-0.15, -0.1) is 5.10 Å². The van der Waals surface area contributed by atoms with Crippen molar-refractivity contribution < 1.29 is 14.3 Å². The van der Waals surface area contributed by atoms with Gasteiger partial charge in [0.05, 0.1) is 11.1 Å². The fourth-order valence-electron chi connectivity index (χ4n) is 1.82. The molecule has 0 bridgehead atoms. The summed E-state index contributed by atoms with van der Waals surface area (Å²) in [4.78, 5) is 12.2. The molecular weight excluding hydrogens is 249 g/mol. The van der Waals surface area contributed by atoms with Crippen LogP contribution in [0.1, 0.15) is 10.4 Å². The second-order valence-electron chi connectivity index (χ2n) is 3.96. The van der Waals surface area contributed by atoms with E-state index < -0.39 is 11.7 Å². The van der Waals surface area contributed by atoms with Crippen LogP contribution in [0, 0.1) is 5.82 Å². The summed E-state index contributed by atoms with van der Waals surface area (Å²) in [5.74, 6) is -1.11. The lowest BCUT2D eigenvalue weighted by atomic mass is 10.2. The zero-order valence-electron chi connectivity index (χ0n) is 9.62. The molecule has 5 nitrogen and oxygen atoms in total. The molecule has 0 aliphatic heterocycles. The topological polar surface area (TPSA) is 68.0 Å². The molecule has 19 heavy (non-hydrogen) atoms. The molecule has 0 aliphatic carbocycles. The second kappa shape index (κ2) is 4.16. The Labute approximate surface area is 106 Å². The molecule has 1 aromatic heterocycles. The predicted octanol–water partition coefficient (Wildman–Crippen LogP) is 1.96. The SMILES string of the molecule is O=C(c1ccccc1O)n1nnc2cc(F)ccc21. The van der Waals surface area contributed by atoms with E-state index in [0.29, 0.717) is 5.52 Å². The Bertz CT molecular complexity index is 782. The Kier molecular flexibility index (Phi) is 2.49. The summed E-state index contributed by atoms with van der Waals surface area (Å²) >= 11 is 0. The number of hydrogen-bond acceptors (Lipinski definition) is 4. The van der Waals surface area contributed by atoms with Crippen molar-refractivity contribution in [2.24, 2.45) is 0 Å². The van der Waals surface area contributed by atoms with Crippen molar-refractivity contribution in [2.45, 2.75) is 0 Å². The third-order valence-electron chi connectivity index (χ3n) is 2.73. The van der Waals surface area contributed by atoms with Crippen LogP contribution >= 0.6 is 0 Å². The highest BCUT2D eigenvalue weighted by molar-refractivity contribution is 6.01. The summed E-state index contributed by atoms with van der Waals surface area (Å²) in [5.41, 5.74) is 0.775. The van der Waals surface area contributed by atoms with Gasteiger partial charge in [0.1, 0.15) is 17.1 Å². The second-order valence-corrected chi connectivity index (χ2v) is 3.96. The van der Waals surface area contributed by atoms with Gasteiger partial charge in [-0.1, -0.05) is 17.3 Å². The lowest BCUT2D eigenvalue weighted by Crippen LogP contribution is -2.13. The molecule has 0 aliphatic rings. The van der Waals surface area contributed by atoms with E-state index in [-0.39, 0.29) is 16.8 Å². The molecule has 3 rings (SSSR count). The van der Waals surface area contributed by atoms with Crippen LogP contribution in [0.15, 0.2) is 42.5 Å². The normalized spacial score (nSPS) is 10.8. The fraction of sp³-hybridized carbons (Fsp3) is 0. The molecule has 0 amide bonds. The van der Waals surface area contributed by atoms with Gasteiger partial charge in [0, 0.05) is 6.07 Å². The Morgan fingerprint density at radius 2 is 2.00 bits per heavy atom. The molecule has 0 atom stereocenters. The van der Waals surface area contributed by atoms with Gasteiger partial charge in [0.2, 0.25) is 0 Å². The van der Waals surface area contributed by atoms with Gasteiger partial charge >= 0.3 is 0 Å². The van der Waals surface area contributed by atoms with Crippen LogP contribution in [0.25, 0.3) is 11.0 Å². The number of carbonyl (C=O) groups is 1. The first-order valence-electron chi connectivity index (χ1n) is 5.50. The molecule has 0 spiro atoms. The maximum Gasteiger partial charge on any atom is 0.283 e. The van der Waals surface area contributed by atoms with Crippen molar-refractivity contribution in [3.05, 3.63) is 53.8 Å². The number of fused-ring (bicyclic) bond motifs is 1. The minimum atomic E-state index is -0.521. The van der Waals surface area contributed by atoms with E-state index in [1.807, 2.05) is 0 Å². The molecule has 0 saturated heterocycles. The number of carbonyl (C=O) groups excluding carboxylic acids is 1. The largest absolute Gasteiger partial charge is 0.507 e. The predicted molar refractivity (Wildman–Crippen MR) is 65.3 cm³/mol. The number of halogens is 1. The first kappa shape index (κ1) is 11.3. The van der Waals surface area contributed by atoms with Crippen molar-refractivity contribution in [3.63, 3.8) is 0 Å². The summed E-state index contributed by atoms with van der Waals surface area (Å²) < 4.78 is 14.1. The Balaban J connectivity index is 2.15. The molecule has 0 radical (unpaired) electrons. The van der Waals surface area contributed by atoms with Crippen molar-refractivity contribution in [1.82, 2.24) is 15.0 Å². The number of aromatic nitrogens is 3. The highest BCUT2D eigenvalue weighted by Gasteiger charge is 2.17. The van der Waals surface area contributed by atoms with Gasteiger partial charge in [-0.05, 0) is 24.3 Å². The molecule has 3 aromatic rings. The van der Waals surface area contributed by atoms with E-state index in [4.69, 9.17) is 0 Å². The quantitative estimate of drug-likeness (QED) is 0.723. The van der Waals surface area contributed by atoms with Crippen LogP contribution in [0.2, 0.25) is 0 Å². The molecule has 0 fully saturated rings. The van der Waals surface area contributed by atoms with Crippen LogP contribution in [-0.4, -0.2) is 26.0 Å². The van der Waals surface area contributed by atoms with E-state index in [1.165, 1.54) is 30.3 Å². The summed E-state index contributed by atoms with van der Waals surface area (Å²) in [6.07, 6.45) is 0. The molecular formula is C13H8FN3O2. The Hall–Kier alpha value is -2.76. The molecule has 6 heteroatoms. The van der Waals surface area contributed by atoms with E-state index in [2.05, 4.69) is 10.3 Å². The highest BCUT2D eigenvalue weighted by atomic mass is 19.1. The summed E-state index contributed by atoms with van der Waals surface area (Å²) in [5, 5.41) is 17.1. The third kappa shape index (κ3) is 1.83. The van der Waals surface area contributed by atoms with Crippen LogP contribution < -0.4 is 0 Å². The number of hydrogen-bond donors (Lipinski definition) is 1. The smallest absolute Gasteiger partial charge is 0.283 e. The lowest BCUT2D eigenvalue weighted by molar-refractivity contribution is 0.0945. The first-order valence-corrected chi connectivity index (χ1v) is 5.50. The number of nitrogens with zero attached hydrogens (tertiary/aromatic N) is 3. The van der Waals surface area contributed by atoms with E-state index in [1.54, 1.807) is 12.1 Å². The fourth-order valence-corrected chi connectivity index (χ4v) is 1.82. The molecule has 0 unspecified atom stereocenters. The number of para-hydroxylation sites is 1. The van der Waals surface area contributed by atoms with Crippen LogP contribution in [0.5, 0.6) is 5.75 Å². The number of phenols is 1. The zero-order chi connectivity index (χ0) is 13.4. The number of rotatable bonds is 1. The minimum absolute atomic E-state index is 0.110. The Morgan fingerprint density at radius 1 is 1.21 bits per heavy atom. The van der Waals surface area contributed by atoms with Crippen molar-refractivity contribution in [1.29, 1.82) is 0 Å². The molecule has 1 heterocycles. The summed E-state index contributed by atoms with van der Waals surface area (Å²) in [7, 11) is 0. The van der Waals surface area contributed by atoms with Crippen LogP contribution in [0.3, 0.4) is 0 Å². The first-order chi connectivity index (χ1) is 9.16. The molecule has 94 valence electrons. The van der Waals surface area contributed by atoms with Crippen molar-refractivity contribution in [2.75, 3.05) is 0 Å². The molecule has 1 N–H and O–H groups in total. The average molecular weight is 257 g/mol. The van der Waals surface area contributed by atoms with Gasteiger partial charge in [0.25, 0.3) is 5.91 Å². The van der Waals surface area contributed by atoms with Crippen LogP contribution in [-0.2, 0) is 0 Å². The van der Waals surface area contributed by atoms with Crippen molar-refractivity contribution >= 4 is 16.9 Å². The van der Waals surface area contributed by atoms with Gasteiger partial charge in [0.15, 0.2) is 0 Å². The van der Waals surface area contributed by atoms with Gasteiger partial charge in [-0.3, -0.25) is 4.79 Å². The van der Waals surface area contributed by atoms with Crippen molar-refractivity contribution in [3.8, 4) is 5.75 Å². The molecule has 2 aromatic carbocycles. The van der Waals surface area contributed by atoms with E-state index >= 15 is 0 Å². The Morgan fingerprint density at radius 3 is 2.79 bits per heavy atom. The number of benzene rings is 2. The average Bonchev–Trinajstić information content (AvgIpc) is 2.81. The maximum atomic E-state index is 13.0. The standard InChI is InChI=1S/C13H8FN3O2/c14-8-5-6-11-10(7-8)15-16-17(11)13(19)9-3-1-2-4-12(9)18/h1-7,18H. The number of aromatic hydroxyl groups is 1. The van der Waals surface area contributed by atoms with Gasteiger partial charge in [-0.2, -0.15) is 4.68 Å². The minimum Gasteiger partial charge on any atom is -0.507 e. The van der Waals surface area contributed by atoms with Gasteiger partial charge in [-0.25, -0.2) is 4.39 Å². The van der Waals surface area contributed by atoms with E-state index in [0.717, 1.165) is 4.68 Å². The van der Waals surface area contributed by atoms with E-state index in [9.17, 15) is 14.3 Å². The maximum absolute atomic E-state index is 13.0. The summed E-state index contributed by atoms with van der Waals surface area (Å²) in [6, 6.07) is 9.97. The summed E-state index contributed by atoms with van der Waals surface area (Å²) in [6.45, 7) is 0. The zero-order valence-corrected chi connectivity index (χ0v) is 9.62. The number of phenolic OH excluding ortho intramolecular Hbond substituents is 1. The van der Waals surface area contributed by atoms with Crippen LogP contribution in [0.4, 0.5) is 4.39 Å². The lowest BCUT2D eigenvalue weighted by Gasteiger charge is -2.03. The monoisotopic (exact) mass is 257 g/mol. The third-order valence-corrected chi connectivity index (χ3v) is 2.73. The molecule has 0 saturated carbocycles. The highest BCUT2D eigenvalue weighted by Crippen LogP contribution is 2.19.